The minimum absolute atomic E-state index is 0.338. The number of hydrogen-bond acceptors (Lipinski definition) is 0. The molecule has 0 nitrogen and oxygen atoms in total. The van der Waals surface area contributed by atoms with Crippen molar-refractivity contribution in [1.29, 1.82) is 0 Å². The predicted molar refractivity (Wildman–Crippen MR) is 98.5 cm³/mol. The van der Waals surface area contributed by atoms with E-state index in [0.29, 0.717) is 11.8 Å². The van der Waals surface area contributed by atoms with Gasteiger partial charge in [0, 0.05) is 11.8 Å². The van der Waals surface area contributed by atoms with E-state index < -0.39 is 0 Å². The Hall–Kier alpha value is -2.34. The normalized spacial score (nSPS) is 12.5. The van der Waals surface area contributed by atoms with Crippen LogP contribution in [0.1, 0.15) is 42.4 Å². The highest BCUT2D eigenvalue weighted by atomic mass is 14.3. The van der Waals surface area contributed by atoms with Crippen LogP contribution in [0.3, 0.4) is 0 Å². The van der Waals surface area contributed by atoms with Crippen molar-refractivity contribution in [2.24, 2.45) is 0 Å². The Bertz CT molecular complexity index is 659. The molecule has 0 heteroatoms. The van der Waals surface area contributed by atoms with E-state index >= 15 is 0 Å². The Balaban J connectivity index is 2.13. The van der Waals surface area contributed by atoms with Gasteiger partial charge in [-0.3, -0.25) is 0 Å². The van der Waals surface area contributed by atoms with Crippen molar-refractivity contribution in [2.75, 3.05) is 0 Å². The summed E-state index contributed by atoms with van der Waals surface area (Å²) in [6.07, 6.45) is 0. The van der Waals surface area contributed by atoms with Crippen molar-refractivity contribution in [1.82, 2.24) is 0 Å². The first-order chi connectivity index (χ1) is 11.3. The Morgan fingerprint density at radius 2 is 0.870 bits per heavy atom. The van der Waals surface area contributed by atoms with E-state index in [-0.39, 0.29) is 0 Å². The van der Waals surface area contributed by atoms with Crippen LogP contribution >= 0.6 is 0 Å². The summed E-state index contributed by atoms with van der Waals surface area (Å²) in [6, 6.07) is 32.6. The molecule has 0 saturated heterocycles. The van der Waals surface area contributed by atoms with Gasteiger partial charge in [-0.05, 0) is 22.6 Å². The van der Waals surface area contributed by atoms with Crippen LogP contribution in [0.15, 0.2) is 91.0 Å². The highest BCUT2D eigenvalue weighted by Gasteiger charge is 2.28. The van der Waals surface area contributed by atoms with Gasteiger partial charge in [0.25, 0.3) is 0 Å². The first-order valence-electron chi connectivity index (χ1n) is 8.22. The van der Waals surface area contributed by atoms with Crippen LogP contribution in [0.5, 0.6) is 0 Å². The van der Waals surface area contributed by atoms with Crippen LogP contribution in [-0.2, 0) is 0 Å². The SMILES string of the molecule is C[C](C)C(c1ccccc1)C(c1ccccc1)c1ccccc1. The fraction of sp³-hybridized carbons (Fsp3) is 0.174. The van der Waals surface area contributed by atoms with E-state index in [2.05, 4.69) is 105 Å². The lowest BCUT2D eigenvalue weighted by molar-refractivity contribution is 0.618. The van der Waals surface area contributed by atoms with Gasteiger partial charge in [-0.25, -0.2) is 0 Å². The molecule has 23 heavy (non-hydrogen) atoms. The van der Waals surface area contributed by atoms with Crippen molar-refractivity contribution < 1.29 is 0 Å². The number of benzene rings is 3. The molecule has 3 rings (SSSR count). The Morgan fingerprint density at radius 1 is 0.522 bits per heavy atom. The molecule has 0 N–H and O–H groups in total. The average Bonchev–Trinajstić information content (AvgIpc) is 2.61. The monoisotopic (exact) mass is 299 g/mol. The molecule has 0 saturated carbocycles. The van der Waals surface area contributed by atoms with E-state index in [1.807, 2.05) is 0 Å². The molecular formula is C23H23. The molecule has 0 fully saturated rings. The molecule has 0 aliphatic rings. The minimum atomic E-state index is 0.338. The van der Waals surface area contributed by atoms with Gasteiger partial charge in [-0.15, -0.1) is 0 Å². The predicted octanol–water partition coefficient (Wildman–Crippen LogP) is 6.22. The zero-order valence-corrected chi connectivity index (χ0v) is 13.8. The summed E-state index contributed by atoms with van der Waals surface area (Å²) in [4.78, 5) is 0. The second-order valence-corrected chi connectivity index (χ2v) is 6.26. The Labute approximate surface area is 139 Å². The van der Waals surface area contributed by atoms with Crippen LogP contribution in [0.4, 0.5) is 0 Å². The lowest BCUT2D eigenvalue weighted by Crippen LogP contribution is -2.17. The molecule has 1 atom stereocenters. The molecule has 0 aliphatic carbocycles. The molecule has 115 valence electrons. The number of hydrogen-bond donors (Lipinski definition) is 0. The highest BCUT2D eigenvalue weighted by Crippen LogP contribution is 2.43. The van der Waals surface area contributed by atoms with E-state index in [4.69, 9.17) is 0 Å². The summed E-state index contributed by atoms with van der Waals surface area (Å²) in [6.45, 7) is 4.49. The molecule has 0 aliphatic heterocycles. The zero-order valence-electron chi connectivity index (χ0n) is 13.8. The molecule has 1 radical (unpaired) electrons. The number of rotatable bonds is 5. The summed E-state index contributed by atoms with van der Waals surface area (Å²) in [5.74, 6) is 2.15. The molecule has 3 aromatic rings. The molecule has 3 aromatic carbocycles. The van der Waals surface area contributed by atoms with E-state index in [9.17, 15) is 0 Å². The fourth-order valence-corrected chi connectivity index (χ4v) is 3.42. The topological polar surface area (TPSA) is 0 Å². The van der Waals surface area contributed by atoms with Crippen molar-refractivity contribution in [2.45, 2.75) is 25.7 Å². The summed E-state index contributed by atoms with van der Waals surface area (Å²) in [5.41, 5.74) is 4.12. The van der Waals surface area contributed by atoms with Gasteiger partial charge >= 0.3 is 0 Å². The van der Waals surface area contributed by atoms with Gasteiger partial charge in [-0.1, -0.05) is 105 Å². The van der Waals surface area contributed by atoms with Crippen molar-refractivity contribution in [3.63, 3.8) is 0 Å². The molecule has 0 bridgehead atoms. The maximum atomic E-state index is 2.25. The van der Waals surface area contributed by atoms with Crippen LogP contribution in [0.25, 0.3) is 0 Å². The lowest BCUT2D eigenvalue weighted by atomic mass is 9.72. The quantitative estimate of drug-likeness (QED) is 0.525. The van der Waals surface area contributed by atoms with Gasteiger partial charge in [0.05, 0.1) is 0 Å². The van der Waals surface area contributed by atoms with Crippen LogP contribution in [0, 0.1) is 5.92 Å². The molecule has 0 heterocycles. The van der Waals surface area contributed by atoms with E-state index in [1.165, 1.54) is 22.6 Å². The third-order valence-electron chi connectivity index (χ3n) is 4.43. The summed E-state index contributed by atoms with van der Waals surface area (Å²) >= 11 is 0. The average molecular weight is 299 g/mol. The van der Waals surface area contributed by atoms with E-state index in [0.717, 1.165) is 0 Å². The smallest absolute Gasteiger partial charge is 0.0163 e. The first kappa shape index (κ1) is 15.6. The van der Waals surface area contributed by atoms with Crippen LogP contribution < -0.4 is 0 Å². The fourth-order valence-electron chi connectivity index (χ4n) is 3.42. The first-order valence-corrected chi connectivity index (χ1v) is 8.22. The maximum Gasteiger partial charge on any atom is 0.0163 e. The second kappa shape index (κ2) is 7.28. The van der Waals surface area contributed by atoms with Gasteiger partial charge in [-0.2, -0.15) is 0 Å². The third-order valence-corrected chi connectivity index (χ3v) is 4.43. The summed E-state index contributed by atoms with van der Waals surface area (Å²) in [7, 11) is 0. The van der Waals surface area contributed by atoms with Gasteiger partial charge in [0.2, 0.25) is 0 Å². The van der Waals surface area contributed by atoms with Gasteiger partial charge < -0.3 is 0 Å². The zero-order chi connectivity index (χ0) is 16.1. The third kappa shape index (κ3) is 3.53. The van der Waals surface area contributed by atoms with Crippen molar-refractivity contribution >= 4 is 0 Å². The van der Waals surface area contributed by atoms with Gasteiger partial charge in [0.1, 0.15) is 0 Å². The van der Waals surface area contributed by atoms with Crippen LogP contribution in [-0.4, -0.2) is 0 Å². The molecule has 1 unspecified atom stereocenters. The second-order valence-electron chi connectivity index (χ2n) is 6.26. The highest BCUT2D eigenvalue weighted by molar-refractivity contribution is 5.41. The Kier molecular flexibility index (Phi) is 4.92. The molecule has 0 amide bonds. The van der Waals surface area contributed by atoms with Crippen LogP contribution in [0.2, 0.25) is 0 Å². The maximum absolute atomic E-state index is 2.25. The van der Waals surface area contributed by atoms with E-state index in [1.54, 1.807) is 0 Å². The molecule has 0 spiro atoms. The van der Waals surface area contributed by atoms with Crippen molar-refractivity contribution in [3.05, 3.63) is 114 Å². The standard InChI is InChI=1S/C23H23/c1-18(2)22(19-12-6-3-7-13-19)23(20-14-8-4-9-15-20)21-16-10-5-11-17-21/h3-17,22-23H,1-2H3. The van der Waals surface area contributed by atoms with Crippen molar-refractivity contribution in [3.8, 4) is 0 Å². The minimum Gasteiger partial charge on any atom is -0.0622 e. The summed E-state index contributed by atoms with van der Waals surface area (Å²) < 4.78 is 0. The summed E-state index contributed by atoms with van der Waals surface area (Å²) in [5, 5.41) is 0. The largest absolute Gasteiger partial charge is 0.0622 e. The Morgan fingerprint density at radius 3 is 1.22 bits per heavy atom. The lowest BCUT2D eigenvalue weighted by Gasteiger charge is -2.31. The van der Waals surface area contributed by atoms with Gasteiger partial charge in [0.15, 0.2) is 0 Å². The molecule has 0 aromatic heterocycles. The molecular weight excluding hydrogens is 276 g/mol.